The number of anilines is 4. The van der Waals surface area contributed by atoms with Crippen LogP contribution in [0.2, 0.25) is 0 Å². The first-order chi connectivity index (χ1) is 16.4. The molecule has 1 saturated heterocycles. The summed E-state index contributed by atoms with van der Waals surface area (Å²) in [6.07, 6.45) is 3.22. The second kappa shape index (κ2) is 10.3. The van der Waals surface area contributed by atoms with Crippen molar-refractivity contribution in [1.82, 2.24) is 19.7 Å². The summed E-state index contributed by atoms with van der Waals surface area (Å²) in [5.74, 6) is 0.862. The van der Waals surface area contributed by atoms with Gasteiger partial charge in [-0.15, -0.1) is 0 Å². The Hall–Kier alpha value is -3.93. The number of benzene rings is 1. The lowest BCUT2D eigenvalue weighted by atomic mass is 10.1. The Labute approximate surface area is 200 Å². The first-order valence-corrected chi connectivity index (χ1v) is 11.5. The van der Waals surface area contributed by atoms with Crippen molar-refractivity contribution in [3.63, 3.8) is 0 Å². The highest BCUT2D eigenvalue weighted by atomic mass is 32.1. The number of amides is 3. The number of aromatic nitrogens is 3. The molecule has 2 aromatic heterocycles. The molecule has 12 heteroatoms. The number of methoxy groups -OCH3 is 1. The summed E-state index contributed by atoms with van der Waals surface area (Å²) in [6, 6.07) is 8.64. The van der Waals surface area contributed by atoms with E-state index in [4.69, 9.17) is 10.5 Å². The lowest BCUT2D eigenvalue weighted by Gasteiger charge is -2.34. The SMILES string of the molecule is COc1cccc(NC(=O)N[C@@H]2CCCN(c3cnc(C(N)=O)c(Nc4cc(C)ns4)n3)C2)c1. The number of hydrogen-bond acceptors (Lipinski definition) is 9. The Morgan fingerprint density at radius 3 is 2.88 bits per heavy atom. The molecule has 5 N–H and O–H groups in total. The minimum Gasteiger partial charge on any atom is -0.497 e. The van der Waals surface area contributed by atoms with Gasteiger partial charge in [-0.05, 0) is 49.5 Å². The standard InChI is InChI=1S/C22H26N8O3S/c1-13-9-18(34-29-13)28-21-19(20(23)31)24-11-17(27-21)30-8-4-6-15(12-30)26-22(32)25-14-5-3-7-16(10-14)33-2/h3,5,7,9-11,15H,4,6,8,12H2,1-2H3,(H2,23,31)(H,27,28)(H2,25,26,32)/t15-/m1/s1. The Bertz CT molecular complexity index is 1180. The van der Waals surface area contributed by atoms with Crippen molar-refractivity contribution in [1.29, 1.82) is 0 Å². The molecule has 1 aliphatic heterocycles. The van der Waals surface area contributed by atoms with Gasteiger partial charge >= 0.3 is 6.03 Å². The zero-order chi connectivity index (χ0) is 24.1. The molecule has 0 unspecified atom stereocenters. The normalized spacial score (nSPS) is 15.5. The monoisotopic (exact) mass is 482 g/mol. The molecule has 1 fully saturated rings. The number of carbonyl (C=O) groups excluding carboxylic acids is 2. The van der Waals surface area contributed by atoms with Gasteiger partial charge in [-0.2, -0.15) is 4.37 Å². The quantitative estimate of drug-likeness (QED) is 0.402. The van der Waals surface area contributed by atoms with Gasteiger partial charge in [-0.25, -0.2) is 14.8 Å². The number of nitrogens with two attached hydrogens (primary N) is 1. The predicted octanol–water partition coefficient (Wildman–Crippen LogP) is 2.88. The smallest absolute Gasteiger partial charge is 0.319 e. The van der Waals surface area contributed by atoms with Gasteiger partial charge < -0.3 is 31.3 Å². The summed E-state index contributed by atoms with van der Waals surface area (Å²) in [5, 5.41) is 9.68. The second-order valence-corrected chi connectivity index (χ2v) is 8.67. The number of nitrogens with one attached hydrogen (secondary N) is 3. The Kier molecular flexibility index (Phi) is 7.07. The van der Waals surface area contributed by atoms with Crippen LogP contribution in [0.3, 0.4) is 0 Å². The molecule has 34 heavy (non-hydrogen) atoms. The third-order valence-electron chi connectivity index (χ3n) is 5.27. The maximum absolute atomic E-state index is 12.5. The van der Waals surface area contributed by atoms with Gasteiger partial charge in [0.15, 0.2) is 11.5 Å². The van der Waals surface area contributed by atoms with Crippen molar-refractivity contribution in [3.8, 4) is 5.75 Å². The van der Waals surface area contributed by atoms with Crippen molar-refractivity contribution in [2.45, 2.75) is 25.8 Å². The lowest BCUT2D eigenvalue weighted by molar-refractivity contribution is 0.0996. The van der Waals surface area contributed by atoms with Gasteiger partial charge in [-0.1, -0.05) is 6.07 Å². The summed E-state index contributed by atoms with van der Waals surface area (Å²) in [6.45, 7) is 3.18. The fourth-order valence-corrected chi connectivity index (χ4v) is 4.36. The van der Waals surface area contributed by atoms with Crippen molar-refractivity contribution in [3.05, 3.63) is 47.9 Å². The van der Waals surface area contributed by atoms with E-state index in [1.807, 2.05) is 30.0 Å². The molecule has 1 aromatic carbocycles. The fourth-order valence-electron chi connectivity index (χ4n) is 3.70. The molecule has 3 aromatic rings. The van der Waals surface area contributed by atoms with Gasteiger partial charge in [0.25, 0.3) is 5.91 Å². The molecular weight excluding hydrogens is 456 g/mol. The van der Waals surface area contributed by atoms with Crippen LogP contribution in [-0.4, -0.2) is 52.5 Å². The number of carbonyl (C=O) groups is 2. The molecule has 3 heterocycles. The number of piperidine rings is 1. The van der Waals surface area contributed by atoms with Crippen LogP contribution in [0.15, 0.2) is 36.5 Å². The molecule has 0 aliphatic carbocycles. The van der Waals surface area contributed by atoms with Crippen LogP contribution < -0.4 is 31.3 Å². The lowest BCUT2D eigenvalue weighted by Crippen LogP contribution is -2.49. The van der Waals surface area contributed by atoms with Crippen LogP contribution in [0.25, 0.3) is 0 Å². The third-order valence-corrected chi connectivity index (χ3v) is 6.07. The predicted molar refractivity (Wildman–Crippen MR) is 131 cm³/mol. The molecule has 4 rings (SSSR count). The molecule has 1 atom stereocenters. The molecule has 0 radical (unpaired) electrons. The zero-order valence-electron chi connectivity index (χ0n) is 18.9. The highest BCUT2D eigenvalue weighted by Crippen LogP contribution is 2.25. The van der Waals surface area contributed by atoms with E-state index in [0.29, 0.717) is 23.8 Å². The van der Waals surface area contributed by atoms with E-state index < -0.39 is 5.91 Å². The van der Waals surface area contributed by atoms with Crippen LogP contribution >= 0.6 is 11.5 Å². The number of ether oxygens (including phenoxy) is 1. The van der Waals surface area contributed by atoms with E-state index >= 15 is 0 Å². The van der Waals surface area contributed by atoms with Crippen LogP contribution in [-0.2, 0) is 0 Å². The number of rotatable bonds is 7. The van der Waals surface area contributed by atoms with Gasteiger partial charge in [0.05, 0.1) is 19.0 Å². The second-order valence-electron chi connectivity index (χ2n) is 7.86. The molecule has 178 valence electrons. The van der Waals surface area contributed by atoms with Crippen molar-refractivity contribution in [2.75, 3.05) is 35.7 Å². The first-order valence-electron chi connectivity index (χ1n) is 10.7. The largest absolute Gasteiger partial charge is 0.497 e. The average Bonchev–Trinajstić information content (AvgIpc) is 3.23. The minimum atomic E-state index is -0.671. The highest BCUT2D eigenvalue weighted by Gasteiger charge is 2.24. The van der Waals surface area contributed by atoms with E-state index in [9.17, 15) is 9.59 Å². The summed E-state index contributed by atoms with van der Waals surface area (Å²) in [7, 11) is 1.58. The van der Waals surface area contributed by atoms with Gasteiger partial charge in [0.2, 0.25) is 0 Å². The van der Waals surface area contributed by atoms with E-state index in [1.165, 1.54) is 17.7 Å². The summed E-state index contributed by atoms with van der Waals surface area (Å²) < 4.78 is 9.42. The molecule has 1 aliphatic rings. The van der Waals surface area contributed by atoms with Gasteiger partial charge in [-0.3, -0.25) is 4.79 Å². The van der Waals surface area contributed by atoms with Gasteiger partial charge in [0.1, 0.15) is 16.6 Å². The molecule has 0 bridgehead atoms. The van der Waals surface area contributed by atoms with Crippen LogP contribution in [0, 0.1) is 6.92 Å². The minimum absolute atomic E-state index is 0.0548. The summed E-state index contributed by atoms with van der Waals surface area (Å²) in [4.78, 5) is 35.3. The molecule has 3 amide bonds. The third kappa shape index (κ3) is 5.70. The number of hydrogen-bond donors (Lipinski definition) is 4. The molecule has 11 nitrogen and oxygen atoms in total. The number of primary amides is 1. The van der Waals surface area contributed by atoms with Crippen LogP contribution in [0.4, 0.5) is 27.1 Å². The van der Waals surface area contributed by atoms with Gasteiger partial charge in [0, 0.05) is 30.9 Å². The Balaban J connectivity index is 1.44. The summed E-state index contributed by atoms with van der Waals surface area (Å²) >= 11 is 1.26. The topological polar surface area (TPSA) is 147 Å². The molecule has 0 saturated carbocycles. The average molecular weight is 483 g/mol. The van der Waals surface area contributed by atoms with Crippen molar-refractivity contribution >= 4 is 45.8 Å². The first kappa shape index (κ1) is 23.2. The number of nitrogens with zero attached hydrogens (tertiary/aromatic N) is 4. The number of urea groups is 1. The van der Waals surface area contributed by atoms with Crippen molar-refractivity contribution in [2.24, 2.45) is 5.73 Å². The maximum Gasteiger partial charge on any atom is 0.319 e. The van der Waals surface area contributed by atoms with E-state index in [1.54, 1.807) is 19.2 Å². The fraction of sp³-hybridized carbons (Fsp3) is 0.318. The number of aryl methyl sites for hydroxylation is 1. The van der Waals surface area contributed by atoms with E-state index in [-0.39, 0.29) is 23.6 Å². The van der Waals surface area contributed by atoms with Crippen molar-refractivity contribution < 1.29 is 14.3 Å². The van der Waals surface area contributed by atoms with Crippen LogP contribution in [0.5, 0.6) is 5.75 Å². The Morgan fingerprint density at radius 2 is 2.15 bits per heavy atom. The highest BCUT2D eigenvalue weighted by molar-refractivity contribution is 7.10. The zero-order valence-corrected chi connectivity index (χ0v) is 19.7. The molecule has 0 spiro atoms. The van der Waals surface area contributed by atoms with E-state index in [0.717, 1.165) is 30.1 Å². The maximum atomic E-state index is 12.5. The molecular formula is C22H26N8O3S. The van der Waals surface area contributed by atoms with E-state index in [2.05, 4.69) is 30.3 Å². The van der Waals surface area contributed by atoms with Crippen LogP contribution in [0.1, 0.15) is 29.0 Å². The Morgan fingerprint density at radius 1 is 1.29 bits per heavy atom. The summed E-state index contributed by atoms with van der Waals surface area (Å²) in [5.41, 5.74) is 7.05.